The van der Waals surface area contributed by atoms with Gasteiger partial charge in [0.1, 0.15) is 0 Å². The van der Waals surface area contributed by atoms with Crippen molar-refractivity contribution in [3.63, 3.8) is 0 Å². The van der Waals surface area contributed by atoms with Crippen LogP contribution >= 0.6 is 11.6 Å². The number of nitrogens with zero attached hydrogens (tertiary/aromatic N) is 3. The summed E-state index contributed by atoms with van der Waals surface area (Å²) >= 11 is 5.81. The second-order valence-electron chi connectivity index (χ2n) is 8.91. The van der Waals surface area contributed by atoms with Crippen molar-refractivity contribution in [3.8, 4) is 0 Å². The third-order valence-electron chi connectivity index (χ3n) is 6.47. The van der Waals surface area contributed by atoms with Crippen molar-refractivity contribution in [1.82, 2.24) is 20.5 Å². The average molecular weight is 457 g/mol. The molecule has 0 unspecified atom stereocenters. The van der Waals surface area contributed by atoms with Crippen LogP contribution in [0, 0.1) is 0 Å². The van der Waals surface area contributed by atoms with E-state index in [-0.39, 0.29) is 35.6 Å². The number of aryl methyl sites for hydroxylation is 1. The van der Waals surface area contributed by atoms with Gasteiger partial charge in [0.2, 0.25) is 17.7 Å². The lowest BCUT2D eigenvalue weighted by molar-refractivity contribution is -0.352. The molecular formula is C20H20ClF3N4O3. The van der Waals surface area contributed by atoms with Gasteiger partial charge in [0.05, 0.1) is 16.5 Å². The number of halogens is 4. The zero-order valence-corrected chi connectivity index (χ0v) is 17.2. The van der Waals surface area contributed by atoms with E-state index in [1.807, 2.05) is 0 Å². The van der Waals surface area contributed by atoms with E-state index >= 15 is 0 Å². The minimum Gasteiger partial charge on any atom is -0.424 e. The van der Waals surface area contributed by atoms with E-state index in [9.17, 15) is 18.0 Å². The number of hydrogen-bond donors (Lipinski definition) is 1. The van der Waals surface area contributed by atoms with E-state index in [1.165, 1.54) is 0 Å². The van der Waals surface area contributed by atoms with Crippen LogP contribution in [0.1, 0.15) is 61.9 Å². The smallest absolute Gasteiger partial charge is 0.424 e. The molecule has 0 aliphatic heterocycles. The number of ether oxygens (including phenoxy) is 1. The molecule has 166 valence electrons. The summed E-state index contributed by atoms with van der Waals surface area (Å²) < 4.78 is 46.5. The molecule has 4 fully saturated rings. The summed E-state index contributed by atoms with van der Waals surface area (Å²) in [6.45, 7) is 0. The lowest BCUT2D eigenvalue weighted by Crippen LogP contribution is -2.76. The Hall–Kier alpha value is -2.20. The van der Waals surface area contributed by atoms with Crippen LogP contribution in [-0.4, -0.2) is 39.1 Å². The molecule has 0 atom stereocenters. The number of nitrogens with one attached hydrogen (secondary N) is 1. The van der Waals surface area contributed by atoms with Gasteiger partial charge in [-0.15, -0.1) is 23.4 Å². The molecule has 4 saturated carbocycles. The molecule has 2 bridgehead atoms. The highest BCUT2D eigenvalue weighted by Crippen LogP contribution is 2.67. The molecule has 0 aromatic carbocycles. The molecule has 11 heteroatoms. The van der Waals surface area contributed by atoms with E-state index < -0.39 is 12.5 Å². The lowest BCUT2D eigenvalue weighted by Gasteiger charge is -2.68. The Morgan fingerprint density at radius 3 is 2.65 bits per heavy atom. The summed E-state index contributed by atoms with van der Waals surface area (Å²) in [5.41, 5.74) is 0.370. The van der Waals surface area contributed by atoms with E-state index in [0.29, 0.717) is 29.6 Å². The number of aromatic nitrogens is 3. The van der Waals surface area contributed by atoms with Gasteiger partial charge in [0.15, 0.2) is 0 Å². The highest BCUT2D eigenvalue weighted by Gasteiger charge is 2.71. The van der Waals surface area contributed by atoms with Crippen molar-refractivity contribution >= 4 is 17.5 Å². The fraction of sp³-hybridized carbons (Fsp3) is 0.600. The average Bonchev–Trinajstić information content (AvgIpc) is 3.07. The minimum atomic E-state index is -4.62. The second-order valence-corrected chi connectivity index (χ2v) is 9.34. The largest absolute Gasteiger partial charge is 0.522 e. The molecule has 2 aromatic rings. The van der Waals surface area contributed by atoms with Crippen LogP contribution in [0.2, 0.25) is 5.02 Å². The number of alkyl halides is 3. The van der Waals surface area contributed by atoms with Crippen molar-refractivity contribution in [2.24, 2.45) is 0 Å². The van der Waals surface area contributed by atoms with E-state index in [4.69, 9.17) is 16.0 Å². The van der Waals surface area contributed by atoms with Gasteiger partial charge in [-0.25, -0.2) is 0 Å². The maximum absolute atomic E-state index is 12.3. The van der Waals surface area contributed by atoms with Crippen LogP contribution in [0.25, 0.3) is 0 Å². The first-order valence-electron chi connectivity index (χ1n) is 10.1. The molecule has 0 radical (unpaired) electrons. The standard InChI is InChI=1S/C20H20ClF3N4O3/c21-12-1-2-13(25-7-12)3-4-15(29)26-19-8-18(9-19,10-19)17-28-27-16(30-17)11-5-14(6-11)31-20(22,23)24/h1-2,7,11,14H,3-6,8-10H2,(H,26,29). The number of carbonyl (C=O) groups excluding carboxylic acids is 1. The molecular weight excluding hydrogens is 437 g/mol. The van der Waals surface area contributed by atoms with Crippen LogP contribution in [0.5, 0.6) is 0 Å². The summed E-state index contributed by atoms with van der Waals surface area (Å²) in [6.07, 6.45) is -0.388. The summed E-state index contributed by atoms with van der Waals surface area (Å²) in [7, 11) is 0. The van der Waals surface area contributed by atoms with Gasteiger partial charge in [0.25, 0.3) is 0 Å². The molecule has 7 nitrogen and oxygen atoms in total. The zero-order chi connectivity index (χ0) is 21.9. The number of carbonyl (C=O) groups is 1. The number of amides is 1. The van der Waals surface area contributed by atoms with Crippen LogP contribution in [0.15, 0.2) is 22.7 Å². The van der Waals surface area contributed by atoms with Gasteiger partial charge in [0, 0.05) is 29.8 Å². The van der Waals surface area contributed by atoms with Crippen molar-refractivity contribution in [2.45, 2.75) is 74.3 Å². The highest BCUT2D eigenvalue weighted by atomic mass is 35.5. The maximum Gasteiger partial charge on any atom is 0.522 e. The summed E-state index contributed by atoms with van der Waals surface area (Å²) in [5.74, 6) is 0.664. The SMILES string of the molecule is O=C(CCc1ccc(Cl)cn1)NC12CC(c3nnc(C4CC(OC(F)(F)F)C4)o3)(C1)C2. The molecule has 2 aromatic heterocycles. The van der Waals surface area contributed by atoms with E-state index in [2.05, 4.69) is 25.2 Å². The van der Waals surface area contributed by atoms with Crippen LogP contribution < -0.4 is 5.32 Å². The van der Waals surface area contributed by atoms with Gasteiger partial charge < -0.3 is 9.73 Å². The number of hydrogen-bond acceptors (Lipinski definition) is 6. The topological polar surface area (TPSA) is 90.1 Å². The Morgan fingerprint density at radius 1 is 1.26 bits per heavy atom. The zero-order valence-electron chi connectivity index (χ0n) is 16.4. The Labute approximate surface area is 180 Å². The van der Waals surface area contributed by atoms with Gasteiger partial charge in [-0.3, -0.25) is 14.5 Å². The monoisotopic (exact) mass is 456 g/mol. The molecule has 4 aliphatic carbocycles. The Bertz CT molecular complexity index is 969. The molecule has 0 spiro atoms. The fourth-order valence-corrected chi connectivity index (χ4v) is 5.08. The van der Waals surface area contributed by atoms with Crippen molar-refractivity contribution in [2.75, 3.05) is 0 Å². The number of pyridine rings is 1. The van der Waals surface area contributed by atoms with Crippen LogP contribution in [0.3, 0.4) is 0 Å². The summed E-state index contributed by atoms with van der Waals surface area (Å²) in [5, 5.41) is 11.8. The second kappa shape index (κ2) is 7.16. The molecule has 1 amide bonds. The molecule has 31 heavy (non-hydrogen) atoms. The van der Waals surface area contributed by atoms with Crippen LogP contribution in [0.4, 0.5) is 13.2 Å². The first-order chi connectivity index (χ1) is 14.6. The number of rotatable bonds is 7. The van der Waals surface area contributed by atoms with Gasteiger partial charge in [-0.05, 0) is 50.7 Å². The minimum absolute atomic E-state index is 0.0264. The van der Waals surface area contributed by atoms with Gasteiger partial charge in [-0.2, -0.15) is 0 Å². The van der Waals surface area contributed by atoms with Gasteiger partial charge in [-0.1, -0.05) is 11.6 Å². The Kier molecular flexibility index (Phi) is 4.78. The Balaban J connectivity index is 1.08. The predicted molar refractivity (Wildman–Crippen MR) is 101 cm³/mol. The normalized spacial score (nSPS) is 31.4. The fourth-order valence-electron chi connectivity index (χ4n) is 4.97. The lowest BCUT2D eigenvalue weighted by atomic mass is 9.39. The molecule has 4 aliphatic rings. The maximum atomic E-state index is 12.3. The van der Waals surface area contributed by atoms with E-state index in [0.717, 1.165) is 25.0 Å². The molecule has 0 saturated heterocycles. The molecule has 6 rings (SSSR count). The van der Waals surface area contributed by atoms with Crippen molar-refractivity contribution in [3.05, 3.63) is 40.8 Å². The molecule has 1 N–H and O–H groups in total. The van der Waals surface area contributed by atoms with Crippen molar-refractivity contribution in [1.29, 1.82) is 0 Å². The summed E-state index contributed by atoms with van der Waals surface area (Å²) in [6, 6.07) is 3.55. The van der Waals surface area contributed by atoms with Gasteiger partial charge >= 0.3 is 6.36 Å². The van der Waals surface area contributed by atoms with Crippen LogP contribution in [-0.2, 0) is 21.4 Å². The third-order valence-corrected chi connectivity index (χ3v) is 6.69. The highest BCUT2D eigenvalue weighted by molar-refractivity contribution is 6.30. The summed E-state index contributed by atoms with van der Waals surface area (Å²) in [4.78, 5) is 16.5. The quantitative estimate of drug-likeness (QED) is 0.681. The van der Waals surface area contributed by atoms with E-state index in [1.54, 1.807) is 18.3 Å². The molecule has 2 heterocycles. The first kappa shape index (κ1) is 20.7. The predicted octanol–water partition coefficient (Wildman–Crippen LogP) is 3.82. The Morgan fingerprint density at radius 2 is 2.00 bits per heavy atom. The third kappa shape index (κ3) is 4.03. The first-order valence-corrected chi connectivity index (χ1v) is 10.5. The van der Waals surface area contributed by atoms with Crippen molar-refractivity contribution < 1.29 is 27.1 Å².